The van der Waals surface area contributed by atoms with Gasteiger partial charge in [0, 0.05) is 10.9 Å². The lowest BCUT2D eigenvalue weighted by atomic mass is 10.1. The van der Waals surface area contributed by atoms with Crippen molar-refractivity contribution in [2.75, 3.05) is 14.1 Å². The first-order valence-corrected chi connectivity index (χ1v) is 4.80. The van der Waals surface area contributed by atoms with Crippen molar-refractivity contribution in [1.29, 1.82) is 0 Å². The van der Waals surface area contributed by atoms with Gasteiger partial charge in [-0.05, 0) is 32.5 Å². The third kappa shape index (κ3) is 1.93. The number of carbonyl (C=O) groups is 1. The summed E-state index contributed by atoms with van der Waals surface area (Å²) in [5, 5.41) is 3.82. The standard InChI is InChI=1S/C9H13NOS/c1-7(10(2)3)9(11)8-4-5-12-6-8/h4-7H,1-3H3. The molecule has 12 heavy (non-hydrogen) atoms. The first-order chi connectivity index (χ1) is 5.63. The van der Waals surface area contributed by atoms with Crippen LogP contribution >= 0.6 is 11.3 Å². The Morgan fingerprint density at radius 2 is 2.25 bits per heavy atom. The molecular formula is C9H13NOS. The van der Waals surface area contributed by atoms with Crippen molar-refractivity contribution in [3.05, 3.63) is 22.4 Å². The number of carbonyl (C=O) groups excluding carboxylic acids is 1. The summed E-state index contributed by atoms with van der Waals surface area (Å²) in [6, 6.07) is 1.84. The van der Waals surface area contributed by atoms with Crippen LogP contribution in [-0.4, -0.2) is 30.8 Å². The molecule has 66 valence electrons. The van der Waals surface area contributed by atoms with Crippen molar-refractivity contribution in [2.45, 2.75) is 13.0 Å². The SMILES string of the molecule is CC(C(=O)c1ccsc1)N(C)C. The summed E-state index contributed by atoms with van der Waals surface area (Å²) < 4.78 is 0. The van der Waals surface area contributed by atoms with Gasteiger partial charge < -0.3 is 0 Å². The molecule has 1 unspecified atom stereocenters. The molecule has 0 aromatic carbocycles. The van der Waals surface area contributed by atoms with Crippen LogP contribution in [-0.2, 0) is 0 Å². The van der Waals surface area contributed by atoms with Crippen molar-refractivity contribution >= 4 is 17.1 Å². The van der Waals surface area contributed by atoms with E-state index >= 15 is 0 Å². The molecule has 2 nitrogen and oxygen atoms in total. The maximum absolute atomic E-state index is 11.6. The van der Waals surface area contributed by atoms with Crippen LogP contribution in [0.3, 0.4) is 0 Å². The summed E-state index contributed by atoms with van der Waals surface area (Å²) in [5.41, 5.74) is 0.821. The Kier molecular flexibility index (Phi) is 3.00. The van der Waals surface area contributed by atoms with Crippen LogP contribution in [0.2, 0.25) is 0 Å². The Labute approximate surface area is 76.8 Å². The number of rotatable bonds is 3. The number of hydrogen-bond donors (Lipinski definition) is 0. The fourth-order valence-electron chi connectivity index (χ4n) is 0.880. The van der Waals surface area contributed by atoms with E-state index < -0.39 is 0 Å². The Morgan fingerprint density at radius 3 is 2.67 bits per heavy atom. The van der Waals surface area contributed by atoms with Gasteiger partial charge in [0.1, 0.15) is 0 Å². The van der Waals surface area contributed by atoms with Gasteiger partial charge in [-0.3, -0.25) is 9.69 Å². The van der Waals surface area contributed by atoms with E-state index in [0.717, 1.165) is 5.56 Å². The number of Topliss-reactive ketones (excluding diaryl/α,β-unsaturated/α-hetero) is 1. The van der Waals surface area contributed by atoms with Gasteiger partial charge in [0.2, 0.25) is 0 Å². The highest BCUT2D eigenvalue weighted by Crippen LogP contribution is 2.10. The number of nitrogens with zero attached hydrogens (tertiary/aromatic N) is 1. The minimum atomic E-state index is -0.0281. The van der Waals surface area contributed by atoms with Gasteiger partial charge in [0.05, 0.1) is 6.04 Å². The van der Waals surface area contributed by atoms with Crippen LogP contribution < -0.4 is 0 Å². The zero-order valence-electron chi connectivity index (χ0n) is 7.57. The maximum atomic E-state index is 11.6. The molecule has 1 aromatic heterocycles. The lowest BCUT2D eigenvalue weighted by molar-refractivity contribution is 0.0891. The molecule has 3 heteroatoms. The zero-order chi connectivity index (χ0) is 9.14. The topological polar surface area (TPSA) is 20.3 Å². The summed E-state index contributed by atoms with van der Waals surface area (Å²) in [5.74, 6) is 0.196. The molecule has 0 saturated carbocycles. The molecule has 0 fully saturated rings. The largest absolute Gasteiger partial charge is 0.300 e. The monoisotopic (exact) mass is 183 g/mol. The highest BCUT2D eigenvalue weighted by Gasteiger charge is 2.16. The lowest BCUT2D eigenvalue weighted by Gasteiger charge is -2.17. The molecular weight excluding hydrogens is 170 g/mol. The molecule has 0 saturated heterocycles. The summed E-state index contributed by atoms with van der Waals surface area (Å²) in [6.45, 7) is 1.92. The van der Waals surface area contributed by atoms with Crippen LogP contribution in [0.1, 0.15) is 17.3 Å². The molecule has 0 spiro atoms. The Bertz CT molecular complexity index is 254. The summed E-state index contributed by atoms with van der Waals surface area (Å²) >= 11 is 1.56. The first-order valence-electron chi connectivity index (χ1n) is 3.85. The van der Waals surface area contributed by atoms with Crippen molar-refractivity contribution in [2.24, 2.45) is 0 Å². The van der Waals surface area contributed by atoms with E-state index in [1.807, 2.05) is 42.7 Å². The van der Waals surface area contributed by atoms with Gasteiger partial charge in [-0.15, -0.1) is 0 Å². The summed E-state index contributed by atoms with van der Waals surface area (Å²) in [6.07, 6.45) is 0. The predicted octanol–water partition coefficient (Wildman–Crippen LogP) is 1.88. The molecule has 0 radical (unpaired) electrons. The third-order valence-electron chi connectivity index (χ3n) is 1.96. The quantitative estimate of drug-likeness (QED) is 0.667. The molecule has 1 aromatic rings. The van der Waals surface area contributed by atoms with Crippen molar-refractivity contribution in [3.8, 4) is 0 Å². The molecule has 1 atom stereocenters. The smallest absolute Gasteiger partial charge is 0.180 e. The number of likely N-dealkylation sites (N-methyl/N-ethyl adjacent to an activating group) is 1. The van der Waals surface area contributed by atoms with Crippen molar-refractivity contribution in [3.63, 3.8) is 0 Å². The average Bonchev–Trinajstić information content (AvgIpc) is 2.53. The maximum Gasteiger partial charge on any atom is 0.180 e. The fraction of sp³-hybridized carbons (Fsp3) is 0.444. The molecule has 0 aliphatic heterocycles. The van der Waals surface area contributed by atoms with Crippen molar-refractivity contribution < 1.29 is 4.79 Å². The molecule has 1 rings (SSSR count). The van der Waals surface area contributed by atoms with Crippen molar-refractivity contribution in [1.82, 2.24) is 4.90 Å². The second kappa shape index (κ2) is 3.83. The molecule has 0 N–H and O–H groups in total. The summed E-state index contributed by atoms with van der Waals surface area (Å²) in [4.78, 5) is 13.5. The Balaban J connectivity index is 2.72. The van der Waals surface area contributed by atoms with E-state index in [2.05, 4.69) is 0 Å². The fourth-order valence-corrected chi connectivity index (χ4v) is 1.53. The predicted molar refractivity (Wildman–Crippen MR) is 51.8 cm³/mol. The molecule has 0 aliphatic rings. The number of hydrogen-bond acceptors (Lipinski definition) is 3. The van der Waals surface area contributed by atoms with E-state index in [9.17, 15) is 4.79 Å². The second-order valence-corrected chi connectivity index (χ2v) is 3.80. The van der Waals surface area contributed by atoms with Gasteiger partial charge in [0.15, 0.2) is 5.78 Å². The first kappa shape index (κ1) is 9.42. The Hall–Kier alpha value is -0.670. The van der Waals surface area contributed by atoms with Crippen LogP contribution in [0, 0.1) is 0 Å². The second-order valence-electron chi connectivity index (χ2n) is 3.02. The van der Waals surface area contributed by atoms with E-state index in [1.54, 1.807) is 11.3 Å². The summed E-state index contributed by atoms with van der Waals surface area (Å²) in [7, 11) is 3.82. The van der Waals surface area contributed by atoms with E-state index in [1.165, 1.54) is 0 Å². The molecule has 0 amide bonds. The average molecular weight is 183 g/mol. The minimum absolute atomic E-state index is 0.0281. The zero-order valence-corrected chi connectivity index (χ0v) is 8.39. The van der Waals surface area contributed by atoms with Gasteiger partial charge in [0.25, 0.3) is 0 Å². The highest BCUT2D eigenvalue weighted by atomic mass is 32.1. The van der Waals surface area contributed by atoms with E-state index in [0.29, 0.717) is 0 Å². The van der Waals surface area contributed by atoms with Gasteiger partial charge in [-0.25, -0.2) is 0 Å². The van der Waals surface area contributed by atoms with Gasteiger partial charge in [-0.2, -0.15) is 11.3 Å². The van der Waals surface area contributed by atoms with E-state index in [-0.39, 0.29) is 11.8 Å². The Morgan fingerprint density at radius 1 is 1.58 bits per heavy atom. The van der Waals surface area contributed by atoms with Gasteiger partial charge >= 0.3 is 0 Å². The van der Waals surface area contributed by atoms with Crippen LogP contribution in [0.25, 0.3) is 0 Å². The highest BCUT2D eigenvalue weighted by molar-refractivity contribution is 7.08. The van der Waals surface area contributed by atoms with Crippen LogP contribution in [0.15, 0.2) is 16.8 Å². The normalized spacial score (nSPS) is 13.3. The number of thiophene rings is 1. The third-order valence-corrected chi connectivity index (χ3v) is 2.64. The van der Waals surface area contributed by atoms with Gasteiger partial charge in [-0.1, -0.05) is 0 Å². The van der Waals surface area contributed by atoms with E-state index in [4.69, 9.17) is 0 Å². The van der Waals surface area contributed by atoms with Crippen LogP contribution in [0.4, 0.5) is 0 Å². The molecule has 0 aliphatic carbocycles. The molecule has 1 heterocycles. The minimum Gasteiger partial charge on any atom is -0.300 e. The van der Waals surface area contributed by atoms with Crippen LogP contribution in [0.5, 0.6) is 0 Å². The molecule has 0 bridgehead atoms. The number of ketones is 1. The lowest BCUT2D eigenvalue weighted by Crippen LogP contribution is -2.32.